The summed E-state index contributed by atoms with van der Waals surface area (Å²) in [5.41, 5.74) is 7.20. The summed E-state index contributed by atoms with van der Waals surface area (Å²) in [7, 11) is 0. The largest absolute Gasteiger partial charge is 0.462 e. The minimum Gasteiger partial charge on any atom is -0.462 e. The van der Waals surface area contributed by atoms with Crippen LogP contribution in [0.25, 0.3) is 0 Å². The SMILES string of the molecule is CCOC(=O)c1cnc(C)c(N)c1. The van der Waals surface area contributed by atoms with Gasteiger partial charge < -0.3 is 10.5 Å². The average Bonchev–Trinajstić information content (AvgIpc) is 2.10. The first-order valence-electron chi connectivity index (χ1n) is 4.04. The van der Waals surface area contributed by atoms with E-state index in [2.05, 4.69) is 4.98 Å². The molecule has 0 aliphatic rings. The number of aryl methyl sites for hydroxylation is 1. The molecule has 0 bridgehead atoms. The third-order valence-electron chi connectivity index (χ3n) is 1.64. The number of rotatable bonds is 2. The van der Waals surface area contributed by atoms with E-state index in [4.69, 9.17) is 10.5 Å². The lowest BCUT2D eigenvalue weighted by atomic mass is 10.2. The van der Waals surface area contributed by atoms with Crippen molar-refractivity contribution in [3.05, 3.63) is 23.5 Å². The van der Waals surface area contributed by atoms with Crippen LogP contribution in [0.2, 0.25) is 0 Å². The first-order valence-corrected chi connectivity index (χ1v) is 4.04. The highest BCUT2D eigenvalue weighted by Gasteiger charge is 2.07. The van der Waals surface area contributed by atoms with Crippen LogP contribution in [0, 0.1) is 6.92 Å². The standard InChI is InChI=1S/C9H12N2O2/c1-3-13-9(12)7-4-8(10)6(2)11-5-7/h4-5H,3,10H2,1-2H3. The average molecular weight is 180 g/mol. The van der Waals surface area contributed by atoms with Crippen molar-refractivity contribution in [2.75, 3.05) is 12.3 Å². The number of aromatic nitrogens is 1. The van der Waals surface area contributed by atoms with Crippen molar-refractivity contribution in [3.63, 3.8) is 0 Å². The van der Waals surface area contributed by atoms with Gasteiger partial charge in [0.25, 0.3) is 0 Å². The molecule has 1 heterocycles. The van der Waals surface area contributed by atoms with E-state index < -0.39 is 0 Å². The number of esters is 1. The zero-order valence-corrected chi connectivity index (χ0v) is 7.70. The number of hydrogen-bond donors (Lipinski definition) is 1. The van der Waals surface area contributed by atoms with Crippen LogP contribution in [0.15, 0.2) is 12.3 Å². The van der Waals surface area contributed by atoms with Gasteiger partial charge in [0.05, 0.1) is 23.6 Å². The van der Waals surface area contributed by atoms with Crippen LogP contribution in [0.1, 0.15) is 23.0 Å². The summed E-state index contributed by atoms with van der Waals surface area (Å²) in [6, 6.07) is 1.57. The Morgan fingerprint density at radius 2 is 2.38 bits per heavy atom. The summed E-state index contributed by atoms with van der Waals surface area (Å²) in [5.74, 6) is -0.387. The van der Waals surface area contributed by atoms with Crippen molar-refractivity contribution in [1.82, 2.24) is 4.98 Å². The van der Waals surface area contributed by atoms with Crippen molar-refractivity contribution in [3.8, 4) is 0 Å². The van der Waals surface area contributed by atoms with Crippen LogP contribution in [-0.4, -0.2) is 17.6 Å². The number of pyridine rings is 1. The Bertz CT molecular complexity index is 323. The Morgan fingerprint density at radius 1 is 1.69 bits per heavy atom. The Labute approximate surface area is 76.7 Å². The van der Waals surface area contributed by atoms with Gasteiger partial charge in [0.15, 0.2) is 0 Å². The highest BCUT2D eigenvalue weighted by Crippen LogP contribution is 2.10. The van der Waals surface area contributed by atoms with Gasteiger partial charge in [0.1, 0.15) is 0 Å². The lowest BCUT2D eigenvalue weighted by molar-refractivity contribution is 0.0526. The lowest BCUT2D eigenvalue weighted by Gasteiger charge is -2.03. The van der Waals surface area contributed by atoms with E-state index in [1.54, 1.807) is 19.9 Å². The van der Waals surface area contributed by atoms with Crippen LogP contribution >= 0.6 is 0 Å². The predicted octanol–water partition coefficient (Wildman–Crippen LogP) is 1.15. The molecule has 70 valence electrons. The number of nitrogen functional groups attached to an aromatic ring is 1. The molecule has 0 unspecified atom stereocenters. The second-order valence-electron chi connectivity index (χ2n) is 2.62. The van der Waals surface area contributed by atoms with Crippen LogP contribution in [0.3, 0.4) is 0 Å². The number of nitrogens with zero attached hydrogens (tertiary/aromatic N) is 1. The molecule has 0 saturated heterocycles. The maximum atomic E-state index is 11.2. The fraction of sp³-hybridized carbons (Fsp3) is 0.333. The van der Waals surface area contributed by atoms with Gasteiger partial charge >= 0.3 is 5.97 Å². The van der Waals surface area contributed by atoms with Gasteiger partial charge in [-0.2, -0.15) is 0 Å². The number of nitrogens with two attached hydrogens (primary N) is 1. The molecule has 0 fully saturated rings. The molecule has 2 N–H and O–H groups in total. The van der Waals surface area contributed by atoms with Gasteiger partial charge in [-0.3, -0.25) is 4.98 Å². The van der Waals surface area contributed by atoms with Crippen molar-refractivity contribution in [2.24, 2.45) is 0 Å². The summed E-state index contributed by atoms with van der Waals surface area (Å²) in [4.78, 5) is 15.1. The molecule has 4 nitrogen and oxygen atoms in total. The fourth-order valence-electron chi connectivity index (χ4n) is 0.876. The number of carbonyl (C=O) groups excluding carboxylic acids is 1. The topological polar surface area (TPSA) is 65.2 Å². The molecular weight excluding hydrogens is 168 g/mol. The quantitative estimate of drug-likeness (QED) is 0.693. The molecule has 0 aromatic carbocycles. The number of anilines is 1. The number of carbonyl (C=O) groups is 1. The Kier molecular flexibility index (Phi) is 2.84. The summed E-state index contributed by atoms with van der Waals surface area (Å²) in [5, 5.41) is 0. The van der Waals surface area contributed by atoms with Crippen LogP contribution in [0.5, 0.6) is 0 Å². The van der Waals surface area contributed by atoms with E-state index in [0.29, 0.717) is 23.6 Å². The molecule has 13 heavy (non-hydrogen) atoms. The van der Waals surface area contributed by atoms with Gasteiger partial charge in [0.2, 0.25) is 0 Å². The molecule has 0 saturated carbocycles. The summed E-state index contributed by atoms with van der Waals surface area (Å²) < 4.78 is 4.79. The Balaban J connectivity index is 2.90. The van der Waals surface area contributed by atoms with E-state index in [9.17, 15) is 4.79 Å². The minimum absolute atomic E-state index is 0.354. The molecule has 1 aromatic rings. The Hall–Kier alpha value is -1.58. The zero-order chi connectivity index (χ0) is 9.84. The summed E-state index contributed by atoms with van der Waals surface area (Å²) in [6.07, 6.45) is 1.46. The summed E-state index contributed by atoms with van der Waals surface area (Å²) >= 11 is 0. The molecule has 4 heteroatoms. The molecular formula is C9H12N2O2. The Morgan fingerprint density at radius 3 is 2.92 bits per heavy atom. The molecule has 1 aromatic heterocycles. The second kappa shape index (κ2) is 3.89. The van der Waals surface area contributed by atoms with Crippen molar-refractivity contribution in [2.45, 2.75) is 13.8 Å². The zero-order valence-electron chi connectivity index (χ0n) is 7.70. The number of hydrogen-bond acceptors (Lipinski definition) is 4. The predicted molar refractivity (Wildman–Crippen MR) is 49.3 cm³/mol. The van der Waals surface area contributed by atoms with Crippen LogP contribution in [-0.2, 0) is 4.74 Å². The van der Waals surface area contributed by atoms with Crippen molar-refractivity contribution in [1.29, 1.82) is 0 Å². The maximum absolute atomic E-state index is 11.2. The molecule has 0 aliphatic carbocycles. The lowest BCUT2D eigenvalue weighted by Crippen LogP contribution is -2.06. The van der Waals surface area contributed by atoms with Crippen LogP contribution in [0.4, 0.5) is 5.69 Å². The highest BCUT2D eigenvalue weighted by atomic mass is 16.5. The van der Waals surface area contributed by atoms with Crippen molar-refractivity contribution < 1.29 is 9.53 Å². The molecule has 0 spiro atoms. The van der Waals surface area contributed by atoms with Gasteiger partial charge in [-0.15, -0.1) is 0 Å². The maximum Gasteiger partial charge on any atom is 0.339 e. The minimum atomic E-state index is -0.387. The fourth-order valence-corrected chi connectivity index (χ4v) is 0.876. The van der Waals surface area contributed by atoms with E-state index in [0.717, 1.165) is 0 Å². The molecule has 0 aliphatic heterocycles. The summed E-state index contributed by atoms with van der Waals surface area (Å²) in [6.45, 7) is 3.89. The smallest absolute Gasteiger partial charge is 0.339 e. The first-order chi connectivity index (χ1) is 6.15. The van der Waals surface area contributed by atoms with Crippen molar-refractivity contribution >= 4 is 11.7 Å². The third kappa shape index (κ3) is 2.18. The van der Waals surface area contributed by atoms with E-state index in [-0.39, 0.29) is 5.97 Å². The molecule has 1 rings (SSSR count). The van der Waals surface area contributed by atoms with Gasteiger partial charge in [-0.25, -0.2) is 4.79 Å². The first kappa shape index (κ1) is 9.51. The van der Waals surface area contributed by atoms with E-state index in [1.807, 2.05) is 0 Å². The van der Waals surface area contributed by atoms with Gasteiger partial charge in [0, 0.05) is 6.20 Å². The monoisotopic (exact) mass is 180 g/mol. The second-order valence-corrected chi connectivity index (χ2v) is 2.62. The third-order valence-corrected chi connectivity index (χ3v) is 1.64. The normalized spacial score (nSPS) is 9.69. The van der Waals surface area contributed by atoms with Gasteiger partial charge in [-0.1, -0.05) is 0 Å². The highest BCUT2D eigenvalue weighted by molar-refractivity contribution is 5.90. The number of ether oxygens (including phenoxy) is 1. The molecule has 0 radical (unpaired) electrons. The van der Waals surface area contributed by atoms with Gasteiger partial charge in [-0.05, 0) is 19.9 Å². The molecule has 0 amide bonds. The molecule has 0 atom stereocenters. The van der Waals surface area contributed by atoms with E-state index >= 15 is 0 Å². The van der Waals surface area contributed by atoms with E-state index in [1.165, 1.54) is 6.20 Å². The van der Waals surface area contributed by atoms with Crippen LogP contribution < -0.4 is 5.73 Å².